The predicted molar refractivity (Wildman–Crippen MR) is 109 cm³/mol. The normalized spacial score (nSPS) is 15.6. The second kappa shape index (κ2) is 6.14. The molecular weight excluding hydrogens is 348 g/mol. The van der Waals surface area contributed by atoms with Gasteiger partial charge in [-0.2, -0.15) is 0 Å². The molecule has 28 heavy (non-hydrogen) atoms. The maximum absolute atomic E-state index is 5.07. The molecule has 0 amide bonds. The number of aromatic nitrogens is 4. The van der Waals surface area contributed by atoms with E-state index in [9.17, 15) is 0 Å². The van der Waals surface area contributed by atoms with Gasteiger partial charge in [0.05, 0.1) is 5.69 Å². The number of nitrogens with zero attached hydrogens (tertiary/aromatic N) is 4. The van der Waals surface area contributed by atoms with Gasteiger partial charge in [0.1, 0.15) is 5.82 Å². The monoisotopic (exact) mass is 368 g/mol. The Hall–Kier alpha value is -3.25. The zero-order chi connectivity index (χ0) is 18.5. The van der Waals surface area contributed by atoms with Crippen molar-refractivity contribution in [3.8, 4) is 11.4 Å². The topological polar surface area (TPSA) is 69.7 Å². The van der Waals surface area contributed by atoms with Crippen LogP contribution >= 0.6 is 0 Å². The molecule has 4 aromatic rings. The molecule has 0 saturated heterocycles. The number of fused-ring (bicyclic) bond motifs is 3. The fourth-order valence-corrected chi connectivity index (χ4v) is 4.34. The van der Waals surface area contributed by atoms with Crippen LogP contribution in [0.3, 0.4) is 0 Å². The molecule has 1 aromatic carbocycles. The van der Waals surface area contributed by atoms with Gasteiger partial charge in [-0.05, 0) is 17.7 Å². The second-order valence-corrected chi connectivity index (χ2v) is 7.43. The van der Waals surface area contributed by atoms with Crippen molar-refractivity contribution in [2.24, 2.45) is 0 Å². The third-order valence-electron chi connectivity index (χ3n) is 5.76. The highest BCUT2D eigenvalue weighted by Gasteiger charge is 2.26. The lowest BCUT2D eigenvalue weighted by Gasteiger charge is -2.30. The van der Waals surface area contributed by atoms with Crippen molar-refractivity contribution in [1.82, 2.24) is 25.3 Å². The van der Waals surface area contributed by atoms with Crippen molar-refractivity contribution in [2.45, 2.75) is 26.1 Å². The Kier molecular flexibility index (Phi) is 3.46. The van der Waals surface area contributed by atoms with E-state index in [0.717, 1.165) is 66.4 Å². The molecule has 2 aliphatic rings. The first-order valence-electron chi connectivity index (χ1n) is 9.71. The number of anilines is 1. The number of pyridine rings is 1. The van der Waals surface area contributed by atoms with Crippen molar-refractivity contribution in [3.05, 3.63) is 71.3 Å². The largest absolute Gasteiger partial charge is 0.360 e. The van der Waals surface area contributed by atoms with Crippen LogP contribution in [0.5, 0.6) is 0 Å². The van der Waals surface area contributed by atoms with Gasteiger partial charge >= 0.3 is 0 Å². The molecule has 2 aliphatic heterocycles. The predicted octanol–water partition coefficient (Wildman–Crippen LogP) is 3.19. The van der Waals surface area contributed by atoms with Crippen LogP contribution in [0.2, 0.25) is 0 Å². The summed E-state index contributed by atoms with van der Waals surface area (Å²) in [6, 6.07) is 12.5. The molecule has 0 unspecified atom stereocenters. The minimum atomic E-state index is 0.798. The van der Waals surface area contributed by atoms with E-state index < -0.39 is 0 Å². The van der Waals surface area contributed by atoms with Crippen LogP contribution < -0.4 is 10.2 Å². The highest BCUT2D eigenvalue weighted by molar-refractivity contribution is 5.93. The molecule has 0 atom stereocenters. The number of hydrogen-bond donors (Lipinski definition) is 2. The third kappa shape index (κ3) is 2.42. The average Bonchev–Trinajstić information content (AvgIpc) is 3.39. The van der Waals surface area contributed by atoms with E-state index in [1.807, 2.05) is 24.5 Å². The molecule has 0 saturated carbocycles. The number of aromatic amines is 1. The van der Waals surface area contributed by atoms with Gasteiger partial charge in [-0.15, -0.1) is 0 Å². The lowest BCUT2D eigenvalue weighted by atomic mass is 10.0. The minimum absolute atomic E-state index is 0.798. The van der Waals surface area contributed by atoms with Crippen molar-refractivity contribution >= 4 is 16.7 Å². The van der Waals surface area contributed by atoms with E-state index in [2.05, 4.69) is 44.5 Å². The Morgan fingerprint density at radius 3 is 2.93 bits per heavy atom. The Morgan fingerprint density at radius 2 is 1.93 bits per heavy atom. The van der Waals surface area contributed by atoms with Crippen LogP contribution in [0.1, 0.15) is 22.5 Å². The highest BCUT2D eigenvalue weighted by Crippen LogP contribution is 2.33. The van der Waals surface area contributed by atoms with E-state index in [1.165, 1.54) is 16.8 Å². The van der Waals surface area contributed by atoms with Crippen molar-refractivity contribution in [3.63, 3.8) is 0 Å². The summed E-state index contributed by atoms with van der Waals surface area (Å²) < 4.78 is 0. The molecule has 138 valence electrons. The molecule has 0 bridgehead atoms. The molecule has 6 rings (SSSR count). The summed E-state index contributed by atoms with van der Waals surface area (Å²) in [6.45, 7) is 3.40. The first-order chi connectivity index (χ1) is 13.9. The lowest BCUT2D eigenvalue weighted by Crippen LogP contribution is -2.32. The molecule has 0 spiro atoms. The van der Waals surface area contributed by atoms with Crippen molar-refractivity contribution in [2.75, 3.05) is 11.4 Å². The van der Waals surface area contributed by atoms with Gasteiger partial charge in [0.2, 0.25) is 0 Å². The van der Waals surface area contributed by atoms with Gasteiger partial charge in [0.15, 0.2) is 5.82 Å². The number of nitrogens with one attached hydrogen (secondary N) is 2. The SMILES string of the molecule is c1cnc2c(c1)CN(c1nc(-c3c[nH]c4ccccc34)nc3c1CNC3)CC2. The minimum Gasteiger partial charge on any atom is -0.360 e. The second-order valence-electron chi connectivity index (χ2n) is 7.43. The summed E-state index contributed by atoms with van der Waals surface area (Å²) in [6.07, 6.45) is 4.86. The molecule has 6 nitrogen and oxygen atoms in total. The van der Waals surface area contributed by atoms with Crippen LogP contribution in [0.25, 0.3) is 22.3 Å². The zero-order valence-electron chi connectivity index (χ0n) is 15.4. The van der Waals surface area contributed by atoms with Crippen molar-refractivity contribution in [1.29, 1.82) is 0 Å². The highest BCUT2D eigenvalue weighted by atomic mass is 15.2. The molecule has 3 aromatic heterocycles. The fraction of sp³-hybridized carbons (Fsp3) is 0.227. The summed E-state index contributed by atoms with van der Waals surface area (Å²) >= 11 is 0. The number of benzene rings is 1. The van der Waals surface area contributed by atoms with Gasteiger partial charge < -0.3 is 15.2 Å². The Morgan fingerprint density at radius 1 is 0.964 bits per heavy atom. The van der Waals surface area contributed by atoms with Gasteiger partial charge in [0, 0.05) is 72.7 Å². The Balaban J connectivity index is 1.48. The van der Waals surface area contributed by atoms with Gasteiger partial charge in [-0.1, -0.05) is 24.3 Å². The molecule has 6 heteroatoms. The van der Waals surface area contributed by atoms with Crippen LogP contribution in [0.4, 0.5) is 5.82 Å². The number of rotatable bonds is 2. The van der Waals surface area contributed by atoms with Crippen LogP contribution in [0.15, 0.2) is 48.8 Å². The van der Waals surface area contributed by atoms with Crippen molar-refractivity contribution < 1.29 is 0 Å². The van der Waals surface area contributed by atoms with Crippen LogP contribution in [0, 0.1) is 0 Å². The standard InChI is InChI=1S/C22H20N6/c1-2-6-19-15(5-1)16(11-25-19)21-26-20-12-23-10-17(20)22(27-21)28-9-7-18-14(13-28)4-3-8-24-18/h1-6,8,11,23,25H,7,9-10,12-13H2. The summed E-state index contributed by atoms with van der Waals surface area (Å²) in [5, 5.41) is 4.61. The van der Waals surface area contributed by atoms with E-state index in [-0.39, 0.29) is 0 Å². The Bertz CT molecular complexity index is 1190. The van der Waals surface area contributed by atoms with Crippen LogP contribution in [-0.4, -0.2) is 26.5 Å². The number of para-hydroxylation sites is 1. The molecule has 0 fully saturated rings. The maximum Gasteiger partial charge on any atom is 0.163 e. The number of H-pyrrole nitrogens is 1. The van der Waals surface area contributed by atoms with E-state index in [0.29, 0.717) is 0 Å². The molecule has 2 N–H and O–H groups in total. The molecule has 5 heterocycles. The molecular formula is C22H20N6. The lowest BCUT2D eigenvalue weighted by molar-refractivity contribution is 0.695. The summed E-state index contributed by atoms with van der Waals surface area (Å²) in [4.78, 5) is 20.3. The summed E-state index contributed by atoms with van der Waals surface area (Å²) in [5.41, 5.74) is 7.02. The molecule has 0 radical (unpaired) electrons. The maximum atomic E-state index is 5.07. The van der Waals surface area contributed by atoms with E-state index in [4.69, 9.17) is 9.97 Å². The van der Waals surface area contributed by atoms with Crippen LogP contribution in [-0.2, 0) is 26.1 Å². The van der Waals surface area contributed by atoms with Gasteiger partial charge in [0.25, 0.3) is 0 Å². The van der Waals surface area contributed by atoms with E-state index in [1.54, 1.807) is 0 Å². The first kappa shape index (κ1) is 15.8. The smallest absolute Gasteiger partial charge is 0.163 e. The number of hydrogen-bond acceptors (Lipinski definition) is 5. The zero-order valence-corrected chi connectivity index (χ0v) is 15.4. The summed E-state index contributed by atoms with van der Waals surface area (Å²) in [5.74, 6) is 1.86. The van der Waals surface area contributed by atoms with Gasteiger partial charge in [-0.3, -0.25) is 4.98 Å². The fourth-order valence-electron chi connectivity index (χ4n) is 4.34. The quantitative estimate of drug-likeness (QED) is 0.569. The van der Waals surface area contributed by atoms with Gasteiger partial charge in [-0.25, -0.2) is 9.97 Å². The average molecular weight is 368 g/mol. The summed E-state index contributed by atoms with van der Waals surface area (Å²) in [7, 11) is 0. The van der Waals surface area contributed by atoms with E-state index >= 15 is 0 Å². The molecule has 0 aliphatic carbocycles. The Labute approximate surface area is 162 Å². The first-order valence-corrected chi connectivity index (χ1v) is 9.71. The third-order valence-corrected chi connectivity index (χ3v) is 5.76.